The summed E-state index contributed by atoms with van der Waals surface area (Å²) in [5, 5.41) is 3.28. The van der Waals surface area contributed by atoms with Crippen molar-refractivity contribution < 1.29 is 13.5 Å². The zero-order chi connectivity index (χ0) is 14.9. The SMILES string of the molecule is CNC(Cc1ccc(F)cc1F)C1C(C)OC(C)C1C. The maximum atomic E-state index is 13.8. The molecule has 5 unspecified atom stereocenters. The van der Waals surface area contributed by atoms with Crippen molar-refractivity contribution in [1.29, 1.82) is 0 Å². The van der Waals surface area contributed by atoms with Gasteiger partial charge in [-0.2, -0.15) is 0 Å². The van der Waals surface area contributed by atoms with Gasteiger partial charge >= 0.3 is 0 Å². The summed E-state index contributed by atoms with van der Waals surface area (Å²) in [5.74, 6) is -0.283. The van der Waals surface area contributed by atoms with Gasteiger partial charge in [-0.1, -0.05) is 13.0 Å². The first-order valence-corrected chi connectivity index (χ1v) is 7.20. The van der Waals surface area contributed by atoms with Gasteiger partial charge in [-0.05, 0) is 44.9 Å². The number of halogens is 2. The van der Waals surface area contributed by atoms with Gasteiger partial charge in [0.25, 0.3) is 0 Å². The molecular weight excluding hydrogens is 260 g/mol. The highest BCUT2D eigenvalue weighted by Gasteiger charge is 2.41. The lowest BCUT2D eigenvalue weighted by atomic mass is 9.81. The third-order valence-corrected chi connectivity index (χ3v) is 4.61. The Morgan fingerprint density at radius 3 is 2.40 bits per heavy atom. The molecule has 1 aromatic rings. The highest BCUT2D eigenvalue weighted by molar-refractivity contribution is 5.20. The summed E-state index contributed by atoms with van der Waals surface area (Å²) in [4.78, 5) is 0. The first-order chi connectivity index (χ1) is 9.43. The molecule has 20 heavy (non-hydrogen) atoms. The first-order valence-electron chi connectivity index (χ1n) is 7.20. The van der Waals surface area contributed by atoms with Gasteiger partial charge in [0.15, 0.2) is 0 Å². The lowest BCUT2D eigenvalue weighted by Gasteiger charge is -2.29. The van der Waals surface area contributed by atoms with Crippen molar-refractivity contribution in [2.75, 3.05) is 7.05 Å². The van der Waals surface area contributed by atoms with Crippen molar-refractivity contribution >= 4 is 0 Å². The molecule has 0 bridgehead atoms. The number of hydrogen-bond acceptors (Lipinski definition) is 2. The molecule has 1 N–H and O–H groups in total. The monoisotopic (exact) mass is 283 g/mol. The van der Waals surface area contributed by atoms with Crippen LogP contribution in [0, 0.1) is 23.5 Å². The normalized spacial score (nSPS) is 31.5. The Morgan fingerprint density at radius 1 is 1.20 bits per heavy atom. The molecule has 5 atom stereocenters. The minimum atomic E-state index is -0.535. The number of benzene rings is 1. The predicted octanol–water partition coefficient (Wildman–Crippen LogP) is 3.15. The number of nitrogens with one attached hydrogen (secondary N) is 1. The molecule has 2 rings (SSSR count). The van der Waals surface area contributed by atoms with Crippen LogP contribution in [0.3, 0.4) is 0 Å². The molecule has 112 valence electrons. The van der Waals surface area contributed by atoms with E-state index >= 15 is 0 Å². The van der Waals surface area contributed by atoms with Gasteiger partial charge in [0.05, 0.1) is 12.2 Å². The quantitative estimate of drug-likeness (QED) is 0.916. The zero-order valence-corrected chi connectivity index (χ0v) is 12.5. The molecule has 0 spiro atoms. The molecule has 0 saturated carbocycles. The van der Waals surface area contributed by atoms with Crippen molar-refractivity contribution in [2.24, 2.45) is 11.8 Å². The van der Waals surface area contributed by atoms with Gasteiger partial charge in [-0.15, -0.1) is 0 Å². The molecule has 0 aliphatic carbocycles. The summed E-state index contributed by atoms with van der Waals surface area (Å²) in [5.41, 5.74) is 0.546. The summed E-state index contributed by atoms with van der Waals surface area (Å²) >= 11 is 0. The van der Waals surface area contributed by atoms with Gasteiger partial charge in [0.2, 0.25) is 0 Å². The summed E-state index contributed by atoms with van der Waals surface area (Å²) in [6.07, 6.45) is 0.891. The average molecular weight is 283 g/mol. The van der Waals surface area contributed by atoms with Crippen LogP contribution in [0.4, 0.5) is 8.78 Å². The molecule has 0 radical (unpaired) electrons. The van der Waals surface area contributed by atoms with Crippen LogP contribution in [0.1, 0.15) is 26.3 Å². The van der Waals surface area contributed by atoms with Crippen LogP contribution in [-0.2, 0) is 11.2 Å². The topological polar surface area (TPSA) is 21.3 Å². The Hall–Kier alpha value is -1.00. The van der Waals surface area contributed by atoms with E-state index < -0.39 is 11.6 Å². The fraction of sp³-hybridized carbons (Fsp3) is 0.625. The largest absolute Gasteiger partial charge is 0.375 e. The van der Waals surface area contributed by atoms with Crippen LogP contribution >= 0.6 is 0 Å². The van der Waals surface area contributed by atoms with Crippen molar-refractivity contribution in [3.8, 4) is 0 Å². The van der Waals surface area contributed by atoms with E-state index in [9.17, 15) is 8.78 Å². The smallest absolute Gasteiger partial charge is 0.129 e. The fourth-order valence-electron chi connectivity index (χ4n) is 3.34. The average Bonchev–Trinajstić information content (AvgIpc) is 2.63. The van der Waals surface area contributed by atoms with Crippen LogP contribution < -0.4 is 5.32 Å². The van der Waals surface area contributed by atoms with Crippen molar-refractivity contribution in [3.05, 3.63) is 35.4 Å². The fourth-order valence-corrected chi connectivity index (χ4v) is 3.34. The second-order valence-electron chi connectivity index (χ2n) is 5.82. The van der Waals surface area contributed by atoms with Crippen LogP contribution in [0.25, 0.3) is 0 Å². The maximum Gasteiger partial charge on any atom is 0.129 e. The van der Waals surface area contributed by atoms with Crippen molar-refractivity contribution in [1.82, 2.24) is 5.32 Å². The highest BCUT2D eigenvalue weighted by atomic mass is 19.1. The molecule has 2 nitrogen and oxygen atoms in total. The lowest BCUT2D eigenvalue weighted by Crippen LogP contribution is -2.41. The Labute approximate surface area is 119 Å². The van der Waals surface area contributed by atoms with Gasteiger partial charge in [-0.3, -0.25) is 0 Å². The number of ether oxygens (including phenoxy) is 1. The number of hydrogen-bond donors (Lipinski definition) is 1. The van der Waals surface area contributed by atoms with Gasteiger partial charge < -0.3 is 10.1 Å². The summed E-state index contributed by atoms with van der Waals surface area (Å²) in [6, 6.07) is 3.91. The molecule has 1 heterocycles. The van der Waals surface area contributed by atoms with E-state index in [4.69, 9.17) is 4.74 Å². The van der Waals surface area contributed by atoms with E-state index in [0.717, 1.165) is 6.07 Å². The highest BCUT2D eigenvalue weighted by Crippen LogP contribution is 2.35. The van der Waals surface area contributed by atoms with Crippen molar-refractivity contribution in [3.63, 3.8) is 0 Å². The van der Waals surface area contributed by atoms with Crippen molar-refractivity contribution in [2.45, 2.75) is 45.4 Å². The van der Waals surface area contributed by atoms with E-state index in [-0.39, 0.29) is 18.2 Å². The minimum absolute atomic E-state index is 0.116. The Balaban J connectivity index is 2.16. The standard InChI is InChI=1S/C16H23F2NO/c1-9-10(2)20-11(3)16(9)15(19-4)7-12-5-6-13(17)8-14(12)18/h5-6,8-11,15-16,19H,7H2,1-4H3. The lowest BCUT2D eigenvalue weighted by molar-refractivity contribution is 0.0478. The Bertz CT molecular complexity index is 466. The minimum Gasteiger partial charge on any atom is -0.375 e. The van der Waals surface area contributed by atoms with Crippen LogP contribution in [0.15, 0.2) is 18.2 Å². The summed E-state index contributed by atoms with van der Waals surface area (Å²) in [7, 11) is 1.88. The molecule has 1 aliphatic rings. The first kappa shape index (κ1) is 15.4. The molecule has 4 heteroatoms. The zero-order valence-electron chi connectivity index (χ0n) is 12.5. The second-order valence-corrected chi connectivity index (χ2v) is 5.82. The van der Waals surface area contributed by atoms with E-state index in [1.165, 1.54) is 12.1 Å². The van der Waals surface area contributed by atoms with Gasteiger partial charge in [0, 0.05) is 18.0 Å². The molecule has 1 saturated heterocycles. The summed E-state index contributed by atoms with van der Waals surface area (Å²) < 4.78 is 32.6. The Kier molecular flexibility index (Phi) is 4.76. The number of likely N-dealkylation sites (N-methyl/N-ethyl adjacent to an activating group) is 1. The molecule has 1 aliphatic heterocycles. The maximum absolute atomic E-state index is 13.8. The third kappa shape index (κ3) is 3.01. The van der Waals surface area contributed by atoms with E-state index in [0.29, 0.717) is 23.8 Å². The third-order valence-electron chi connectivity index (χ3n) is 4.61. The molecule has 1 aromatic carbocycles. The molecule has 0 aromatic heterocycles. The molecular formula is C16H23F2NO. The van der Waals surface area contributed by atoms with Gasteiger partial charge in [0.1, 0.15) is 11.6 Å². The predicted molar refractivity (Wildman–Crippen MR) is 75.6 cm³/mol. The summed E-state index contributed by atoms with van der Waals surface area (Å²) in [6.45, 7) is 6.31. The number of rotatable bonds is 4. The van der Waals surface area contributed by atoms with Crippen LogP contribution in [0.2, 0.25) is 0 Å². The van der Waals surface area contributed by atoms with E-state index in [1.54, 1.807) is 0 Å². The molecule has 0 amide bonds. The van der Waals surface area contributed by atoms with E-state index in [2.05, 4.69) is 26.1 Å². The molecule has 1 fully saturated rings. The van der Waals surface area contributed by atoms with Crippen LogP contribution in [-0.4, -0.2) is 25.3 Å². The van der Waals surface area contributed by atoms with Crippen LogP contribution in [0.5, 0.6) is 0 Å². The Morgan fingerprint density at radius 2 is 1.90 bits per heavy atom. The second kappa shape index (κ2) is 6.19. The van der Waals surface area contributed by atoms with E-state index in [1.807, 2.05) is 7.05 Å². The van der Waals surface area contributed by atoms with Gasteiger partial charge in [-0.25, -0.2) is 8.78 Å².